The molecule has 7 nitrogen and oxygen atoms in total. The van der Waals surface area contributed by atoms with Gasteiger partial charge >= 0.3 is 5.69 Å². The standard InChI is InChI=1S/C17H15ClN4O3/c1-9-10(15(23)20-13-7-5-4-6-12(13)18)8-11-14(19-9)21(2)17(25)22(3)16(11)24/h4-8H,1-3H3,(H,20,23). The Hall–Kier alpha value is -2.93. The van der Waals surface area contributed by atoms with E-state index in [0.29, 0.717) is 16.4 Å². The molecule has 0 aliphatic rings. The Kier molecular flexibility index (Phi) is 4.18. The second-order valence-corrected chi connectivity index (χ2v) is 6.04. The molecule has 0 radical (unpaired) electrons. The number of aryl methyl sites for hydroxylation is 2. The third kappa shape index (κ3) is 2.83. The second-order valence-electron chi connectivity index (χ2n) is 5.63. The molecule has 1 amide bonds. The number of anilines is 1. The lowest BCUT2D eigenvalue weighted by Gasteiger charge is -2.12. The average molecular weight is 359 g/mol. The number of aromatic nitrogens is 3. The first kappa shape index (κ1) is 16.9. The molecule has 2 aromatic heterocycles. The van der Waals surface area contributed by atoms with E-state index in [1.165, 1.54) is 24.7 Å². The number of halogens is 1. The largest absolute Gasteiger partial charge is 0.332 e. The maximum Gasteiger partial charge on any atom is 0.332 e. The summed E-state index contributed by atoms with van der Waals surface area (Å²) < 4.78 is 2.26. The van der Waals surface area contributed by atoms with Crippen molar-refractivity contribution in [3.05, 3.63) is 67.4 Å². The van der Waals surface area contributed by atoms with Crippen molar-refractivity contribution in [2.45, 2.75) is 6.92 Å². The monoisotopic (exact) mass is 358 g/mol. The summed E-state index contributed by atoms with van der Waals surface area (Å²) in [5, 5.41) is 3.30. The van der Waals surface area contributed by atoms with Gasteiger partial charge in [-0.25, -0.2) is 9.78 Å². The van der Waals surface area contributed by atoms with Gasteiger partial charge in [0, 0.05) is 14.1 Å². The van der Waals surface area contributed by atoms with E-state index in [1.807, 2.05) is 0 Å². The zero-order valence-corrected chi connectivity index (χ0v) is 14.6. The Morgan fingerprint density at radius 2 is 1.84 bits per heavy atom. The van der Waals surface area contributed by atoms with Crippen LogP contribution in [0.25, 0.3) is 11.0 Å². The highest BCUT2D eigenvalue weighted by Crippen LogP contribution is 2.22. The number of amides is 1. The van der Waals surface area contributed by atoms with E-state index in [4.69, 9.17) is 11.6 Å². The average Bonchev–Trinajstić information content (AvgIpc) is 2.59. The van der Waals surface area contributed by atoms with Gasteiger partial charge in [0.05, 0.1) is 27.4 Å². The minimum absolute atomic E-state index is 0.194. The van der Waals surface area contributed by atoms with Crippen molar-refractivity contribution >= 4 is 34.2 Å². The summed E-state index contributed by atoms with van der Waals surface area (Å²) in [7, 11) is 2.91. The van der Waals surface area contributed by atoms with Gasteiger partial charge in [0.15, 0.2) is 0 Å². The Morgan fingerprint density at radius 1 is 1.16 bits per heavy atom. The number of fused-ring (bicyclic) bond motifs is 1. The van der Waals surface area contributed by atoms with Crippen LogP contribution in [0, 0.1) is 6.92 Å². The number of carbonyl (C=O) groups is 1. The molecule has 2 heterocycles. The van der Waals surface area contributed by atoms with Crippen molar-refractivity contribution in [1.82, 2.24) is 14.1 Å². The van der Waals surface area contributed by atoms with Gasteiger partial charge in [-0.3, -0.25) is 18.7 Å². The molecule has 0 bridgehead atoms. The molecule has 0 atom stereocenters. The maximum atomic E-state index is 12.6. The number of carbonyl (C=O) groups excluding carboxylic acids is 1. The minimum atomic E-state index is -0.502. The highest BCUT2D eigenvalue weighted by atomic mass is 35.5. The Bertz CT molecular complexity index is 1130. The molecule has 0 saturated carbocycles. The lowest BCUT2D eigenvalue weighted by Crippen LogP contribution is -2.37. The van der Waals surface area contributed by atoms with Crippen LogP contribution in [-0.2, 0) is 14.1 Å². The highest BCUT2D eigenvalue weighted by Gasteiger charge is 2.17. The van der Waals surface area contributed by atoms with Gasteiger partial charge in [-0.1, -0.05) is 23.7 Å². The molecule has 0 unspecified atom stereocenters. The number of benzene rings is 1. The molecule has 1 aromatic carbocycles. The summed E-state index contributed by atoms with van der Waals surface area (Å²) in [5.41, 5.74) is 0.362. The van der Waals surface area contributed by atoms with Crippen molar-refractivity contribution < 1.29 is 4.79 Å². The van der Waals surface area contributed by atoms with Crippen LogP contribution in [0.5, 0.6) is 0 Å². The Balaban J connectivity index is 2.16. The van der Waals surface area contributed by atoms with Crippen molar-refractivity contribution in [1.29, 1.82) is 0 Å². The predicted molar refractivity (Wildman–Crippen MR) is 96.4 cm³/mol. The van der Waals surface area contributed by atoms with Crippen LogP contribution in [0.3, 0.4) is 0 Å². The first-order chi connectivity index (χ1) is 11.8. The molecule has 0 aliphatic heterocycles. The minimum Gasteiger partial charge on any atom is -0.321 e. The van der Waals surface area contributed by atoms with E-state index < -0.39 is 17.2 Å². The first-order valence-electron chi connectivity index (χ1n) is 7.44. The van der Waals surface area contributed by atoms with E-state index >= 15 is 0 Å². The molecule has 0 fully saturated rings. The lowest BCUT2D eigenvalue weighted by molar-refractivity contribution is 0.102. The number of rotatable bonds is 2. The Morgan fingerprint density at radius 3 is 2.52 bits per heavy atom. The Labute approximate surface area is 147 Å². The number of nitrogens with zero attached hydrogens (tertiary/aromatic N) is 3. The zero-order chi connectivity index (χ0) is 18.3. The third-order valence-corrected chi connectivity index (χ3v) is 4.32. The normalized spacial score (nSPS) is 10.9. The van der Waals surface area contributed by atoms with Crippen LogP contribution in [0.15, 0.2) is 39.9 Å². The van der Waals surface area contributed by atoms with E-state index in [-0.39, 0.29) is 16.6 Å². The molecule has 0 spiro atoms. The van der Waals surface area contributed by atoms with Gasteiger partial charge in [0.25, 0.3) is 11.5 Å². The molecule has 3 rings (SSSR count). The van der Waals surface area contributed by atoms with Crippen molar-refractivity contribution in [3.8, 4) is 0 Å². The summed E-state index contributed by atoms with van der Waals surface area (Å²) in [4.78, 5) is 41.2. The van der Waals surface area contributed by atoms with Gasteiger partial charge < -0.3 is 5.32 Å². The van der Waals surface area contributed by atoms with E-state index in [0.717, 1.165) is 4.57 Å². The summed E-state index contributed by atoms with van der Waals surface area (Å²) in [6.07, 6.45) is 0. The maximum absolute atomic E-state index is 12.6. The smallest absolute Gasteiger partial charge is 0.321 e. The van der Waals surface area contributed by atoms with Gasteiger partial charge in [0.1, 0.15) is 5.65 Å². The quantitative estimate of drug-likeness (QED) is 0.757. The molecule has 8 heteroatoms. The van der Waals surface area contributed by atoms with Gasteiger partial charge in [-0.2, -0.15) is 0 Å². The predicted octanol–water partition coefficient (Wildman–Crippen LogP) is 1.85. The summed E-state index contributed by atoms with van der Waals surface area (Å²) in [6.45, 7) is 1.64. The van der Waals surface area contributed by atoms with Crippen molar-refractivity contribution in [2.24, 2.45) is 14.1 Å². The molecular formula is C17H15ClN4O3. The van der Waals surface area contributed by atoms with Gasteiger partial charge in [-0.05, 0) is 25.1 Å². The zero-order valence-electron chi connectivity index (χ0n) is 13.8. The van der Waals surface area contributed by atoms with E-state index in [1.54, 1.807) is 31.2 Å². The number of pyridine rings is 1. The fraction of sp³-hybridized carbons (Fsp3) is 0.176. The van der Waals surface area contributed by atoms with Crippen LogP contribution in [-0.4, -0.2) is 20.0 Å². The van der Waals surface area contributed by atoms with Crippen molar-refractivity contribution in [2.75, 3.05) is 5.32 Å². The fourth-order valence-corrected chi connectivity index (χ4v) is 2.75. The summed E-state index contributed by atoms with van der Waals surface area (Å²) in [5.74, 6) is -0.434. The first-order valence-corrected chi connectivity index (χ1v) is 7.82. The van der Waals surface area contributed by atoms with Crippen LogP contribution in [0.2, 0.25) is 5.02 Å². The number of para-hydroxylation sites is 1. The molecule has 128 valence electrons. The molecule has 1 N–H and O–H groups in total. The summed E-state index contributed by atoms with van der Waals surface area (Å²) in [6, 6.07) is 8.29. The summed E-state index contributed by atoms with van der Waals surface area (Å²) >= 11 is 6.05. The number of hydrogen-bond acceptors (Lipinski definition) is 4. The highest BCUT2D eigenvalue weighted by molar-refractivity contribution is 6.33. The SMILES string of the molecule is Cc1nc2c(cc1C(=O)Nc1ccccc1Cl)c(=O)n(C)c(=O)n2C. The number of nitrogens with one attached hydrogen (secondary N) is 1. The van der Waals surface area contributed by atoms with Gasteiger partial charge in [-0.15, -0.1) is 0 Å². The molecular weight excluding hydrogens is 344 g/mol. The topological polar surface area (TPSA) is 86.0 Å². The van der Waals surface area contributed by atoms with Crippen molar-refractivity contribution in [3.63, 3.8) is 0 Å². The van der Waals surface area contributed by atoms with E-state index in [9.17, 15) is 14.4 Å². The molecule has 0 saturated heterocycles. The fourth-order valence-electron chi connectivity index (χ4n) is 2.57. The van der Waals surface area contributed by atoms with Crippen LogP contribution < -0.4 is 16.6 Å². The third-order valence-electron chi connectivity index (χ3n) is 3.99. The number of hydrogen-bond donors (Lipinski definition) is 1. The van der Waals surface area contributed by atoms with Gasteiger partial charge in [0.2, 0.25) is 0 Å². The molecule has 3 aromatic rings. The molecule has 0 aliphatic carbocycles. The lowest BCUT2D eigenvalue weighted by atomic mass is 10.1. The molecule has 25 heavy (non-hydrogen) atoms. The second kappa shape index (κ2) is 6.18. The van der Waals surface area contributed by atoms with Crippen LogP contribution >= 0.6 is 11.6 Å². The van der Waals surface area contributed by atoms with Crippen LogP contribution in [0.1, 0.15) is 16.1 Å². The van der Waals surface area contributed by atoms with Crippen LogP contribution in [0.4, 0.5) is 5.69 Å². The van der Waals surface area contributed by atoms with E-state index in [2.05, 4.69) is 10.3 Å².